The molecule has 2 heterocycles. The van der Waals surface area contributed by atoms with Crippen molar-refractivity contribution in [2.45, 2.75) is 17.9 Å². The Balaban J connectivity index is 1.55. The first-order valence-electron chi connectivity index (χ1n) is 8.77. The number of piperazine rings is 1. The summed E-state index contributed by atoms with van der Waals surface area (Å²) in [7, 11) is -4.14. The molecule has 3 rings (SSSR count). The van der Waals surface area contributed by atoms with Gasteiger partial charge in [-0.1, -0.05) is 0 Å². The van der Waals surface area contributed by atoms with Crippen LogP contribution in [0.15, 0.2) is 45.9 Å². The maximum Gasteiger partial charge on any atom is 0.246 e. The first-order valence-corrected chi connectivity index (χ1v) is 10.2. The highest BCUT2D eigenvalue weighted by atomic mass is 32.2. The number of amides is 1. The molecule has 152 valence electrons. The summed E-state index contributed by atoms with van der Waals surface area (Å²) in [6, 6.07) is 5.57. The highest BCUT2D eigenvalue weighted by molar-refractivity contribution is 7.89. The lowest BCUT2D eigenvalue weighted by molar-refractivity contribution is -0.123. The van der Waals surface area contributed by atoms with E-state index in [4.69, 9.17) is 4.42 Å². The van der Waals surface area contributed by atoms with Crippen molar-refractivity contribution in [3.63, 3.8) is 0 Å². The number of benzene rings is 1. The van der Waals surface area contributed by atoms with Gasteiger partial charge in [-0.3, -0.25) is 9.69 Å². The number of nitrogens with zero attached hydrogens (tertiary/aromatic N) is 2. The van der Waals surface area contributed by atoms with Crippen molar-refractivity contribution in [2.75, 3.05) is 32.7 Å². The number of rotatable bonds is 6. The minimum absolute atomic E-state index is 0.0826. The zero-order valence-corrected chi connectivity index (χ0v) is 16.1. The number of furan rings is 1. The van der Waals surface area contributed by atoms with Crippen LogP contribution in [0.1, 0.15) is 18.7 Å². The smallest absolute Gasteiger partial charge is 0.246 e. The van der Waals surface area contributed by atoms with E-state index in [1.165, 1.54) is 6.26 Å². The van der Waals surface area contributed by atoms with Crippen LogP contribution in [0.2, 0.25) is 0 Å². The van der Waals surface area contributed by atoms with Gasteiger partial charge in [-0.25, -0.2) is 17.2 Å². The summed E-state index contributed by atoms with van der Waals surface area (Å²) < 4.78 is 58.7. The van der Waals surface area contributed by atoms with E-state index in [0.29, 0.717) is 24.9 Å². The van der Waals surface area contributed by atoms with Gasteiger partial charge in [0.2, 0.25) is 15.9 Å². The van der Waals surface area contributed by atoms with Crippen LogP contribution in [0.5, 0.6) is 0 Å². The standard InChI is InChI=1S/C18H21F2N3O4S/c1-13(16-3-2-10-27-16)21-18(24)12-22-6-8-23(9-7-22)28(25,26)17-11-14(19)4-5-15(17)20/h2-5,10-11,13H,6-9,12H2,1H3,(H,21,24)/t13-/m0/s1. The van der Waals surface area contributed by atoms with Gasteiger partial charge >= 0.3 is 0 Å². The summed E-state index contributed by atoms with van der Waals surface area (Å²) in [6.45, 7) is 2.68. The largest absolute Gasteiger partial charge is 0.467 e. The molecule has 0 aliphatic carbocycles. The number of hydrogen-bond acceptors (Lipinski definition) is 5. The molecule has 1 aliphatic rings. The third-order valence-corrected chi connectivity index (χ3v) is 6.47. The molecule has 1 aromatic heterocycles. The van der Waals surface area contributed by atoms with Crippen molar-refractivity contribution >= 4 is 15.9 Å². The van der Waals surface area contributed by atoms with Crippen LogP contribution in [0.3, 0.4) is 0 Å². The van der Waals surface area contributed by atoms with Gasteiger partial charge < -0.3 is 9.73 Å². The summed E-state index contributed by atoms with van der Waals surface area (Å²) in [5.74, 6) is -1.38. The normalized spacial score (nSPS) is 17.4. The van der Waals surface area contributed by atoms with E-state index >= 15 is 0 Å². The van der Waals surface area contributed by atoms with Gasteiger partial charge in [0.1, 0.15) is 22.3 Å². The van der Waals surface area contributed by atoms with Crippen LogP contribution in [-0.2, 0) is 14.8 Å². The van der Waals surface area contributed by atoms with Crippen LogP contribution in [0, 0.1) is 11.6 Å². The molecule has 10 heteroatoms. The minimum atomic E-state index is -4.14. The Labute approximate surface area is 162 Å². The van der Waals surface area contributed by atoms with Crippen LogP contribution in [0.4, 0.5) is 8.78 Å². The Kier molecular flexibility index (Phi) is 6.11. The second kappa shape index (κ2) is 8.38. The van der Waals surface area contributed by atoms with Gasteiger partial charge in [-0.15, -0.1) is 0 Å². The predicted octanol–water partition coefficient (Wildman–Crippen LogP) is 1.74. The molecule has 1 saturated heterocycles. The lowest BCUT2D eigenvalue weighted by atomic mass is 10.2. The fraction of sp³-hybridized carbons (Fsp3) is 0.389. The van der Waals surface area contributed by atoms with E-state index in [1.54, 1.807) is 24.0 Å². The molecular weight excluding hydrogens is 392 g/mol. The molecular formula is C18H21F2N3O4S. The zero-order chi connectivity index (χ0) is 20.3. The molecule has 0 radical (unpaired) electrons. The van der Waals surface area contributed by atoms with Crippen molar-refractivity contribution in [1.82, 2.24) is 14.5 Å². The number of nitrogens with one attached hydrogen (secondary N) is 1. The lowest BCUT2D eigenvalue weighted by Gasteiger charge is -2.33. The summed E-state index contributed by atoms with van der Waals surface area (Å²) in [5, 5.41) is 2.81. The van der Waals surface area contributed by atoms with Gasteiger partial charge in [0.05, 0.1) is 18.8 Å². The van der Waals surface area contributed by atoms with Crippen molar-refractivity contribution in [2.24, 2.45) is 0 Å². The van der Waals surface area contributed by atoms with Crippen LogP contribution in [0.25, 0.3) is 0 Å². The molecule has 0 bridgehead atoms. The second-order valence-corrected chi connectivity index (χ2v) is 8.47. The Hall–Kier alpha value is -2.30. The maximum absolute atomic E-state index is 13.9. The number of hydrogen-bond donors (Lipinski definition) is 1. The molecule has 1 fully saturated rings. The fourth-order valence-electron chi connectivity index (χ4n) is 3.04. The lowest BCUT2D eigenvalue weighted by Crippen LogP contribution is -2.51. The Morgan fingerprint density at radius 3 is 2.57 bits per heavy atom. The predicted molar refractivity (Wildman–Crippen MR) is 96.8 cm³/mol. The number of carbonyl (C=O) groups excluding carboxylic acids is 1. The number of halogens is 2. The molecule has 0 saturated carbocycles. The number of carbonyl (C=O) groups is 1. The molecule has 1 aromatic carbocycles. The molecule has 1 amide bonds. The fourth-order valence-corrected chi connectivity index (χ4v) is 4.54. The van der Waals surface area contributed by atoms with Crippen molar-refractivity contribution in [3.8, 4) is 0 Å². The highest BCUT2D eigenvalue weighted by Crippen LogP contribution is 2.21. The van der Waals surface area contributed by atoms with Crippen LogP contribution < -0.4 is 5.32 Å². The quantitative estimate of drug-likeness (QED) is 0.780. The van der Waals surface area contributed by atoms with E-state index in [9.17, 15) is 22.0 Å². The molecule has 1 aliphatic heterocycles. The molecule has 2 aromatic rings. The van der Waals surface area contributed by atoms with E-state index in [-0.39, 0.29) is 31.6 Å². The van der Waals surface area contributed by atoms with Crippen LogP contribution in [-0.4, -0.2) is 56.3 Å². The Bertz CT molecular complexity index is 926. The van der Waals surface area contributed by atoms with Crippen LogP contribution >= 0.6 is 0 Å². The molecule has 0 spiro atoms. The Morgan fingerprint density at radius 2 is 1.93 bits per heavy atom. The highest BCUT2D eigenvalue weighted by Gasteiger charge is 2.31. The molecule has 1 N–H and O–H groups in total. The average Bonchev–Trinajstić information content (AvgIpc) is 3.19. The topological polar surface area (TPSA) is 82.9 Å². The number of sulfonamides is 1. The van der Waals surface area contributed by atoms with Crippen molar-refractivity contribution < 1.29 is 26.4 Å². The van der Waals surface area contributed by atoms with Gasteiger partial charge in [-0.05, 0) is 37.3 Å². The van der Waals surface area contributed by atoms with Gasteiger partial charge in [0.25, 0.3) is 0 Å². The summed E-state index contributed by atoms with van der Waals surface area (Å²) in [4.78, 5) is 13.3. The third kappa shape index (κ3) is 4.57. The Morgan fingerprint density at radius 1 is 1.21 bits per heavy atom. The SMILES string of the molecule is C[C@H](NC(=O)CN1CCN(S(=O)(=O)c2cc(F)ccc2F)CC1)c1ccco1. The summed E-state index contributed by atoms with van der Waals surface area (Å²) >= 11 is 0. The third-order valence-electron chi connectivity index (χ3n) is 4.56. The molecule has 7 nitrogen and oxygen atoms in total. The summed E-state index contributed by atoms with van der Waals surface area (Å²) in [6.07, 6.45) is 1.53. The molecule has 28 heavy (non-hydrogen) atoms. The molecule has 0 unspecified atom stereocenters. The van der Waals surface area contributed by atoms with E-state index in [2.05, 4.69) is 5.32 Å². The van der Waals surface area contributed by atoms with Crippen molar-refractivity contribution in [3.05, 3.63) is 54.0 Å². The van der Waals surface area contributed by atoms with E-state index in [0.717, 1.165) is 16.4 Å². The van der Waals surface area contributed by atoms with Gasteiger partial charge in [0, 0.05) is 26.2 Å². The first-order chi connectivity index (χ1) is 13.3. The van der Waals surface area contributed by atoms with Gasteiger partial charge in [-0.2, -0.15) is 4.31 Å². The average molecular weight is 413 g/mol. The van der Waals surface area contributed by atoms with E-state index in [1.807, 2.05) is 0 Å². The van der Waals surface area contributed by atoms with E-state index < -0.39 is 26.6 Å². The minimum Gasteiger partial charge on any atom is -0.467 e. The first kappa shape index (κ1) is 20.4. The summed E-state index contributed by atoms with van der Waals surface area (Å²) in [5.41, 5.74) is 0. The van der Waals surface area contributed by atoms with Gasteiger partial charge in [0.15, 0.2) is 0 Å². The van der Waals surface area contributed by atoms with Crippen molar-refractivity contribution in [1.29, 1.82) is 0 Å². The maximum atomic E-state index is 13.9. The zero-order valence-electron chi connectivity index (χ0n) is 15.3. The molecule has 1 atom stereocenters. The monoisotopic (exact) mass is 413 g/mol. The second-order valence-electron chi connectivity index (χ2n) is 6.56.